The standard InChI is InChI=1S/C19H25NO3/c1-2-14-5-8-17-15(12-19(22)23-18(17)11-14)13-20(16-6-7-16)9-3-4-10-21/h5,8,11-12,16,21H,2-4,6-7,9-10,13H2,1H3. The first-order chi connectivity index (χ1) is 11.2. The normalized spacial score (nSPS) is 14.7. The molecular formula is C19H25NO3. The SMILES string of the molecule is CCc1ccc2c(CN(CCCCO)C3CC3)cc(=O)oc2c1. The third-order valence-electron chi connectivity index (χ3n) is 4.59. The van der Waals surface area contributed by atoms with Crippen LogP contribution in [0.15, 0.2) is 33.5 Å². The molecule has 2 aromatic rings. The molecule has 4 heteroatoms. The summed E-state index contributed by atoms with van der Waals surface area (Å²) >= 11 is 0. The second kappa shape index (κ2) is 7.28. The van der Waals surface area contributed by atoms with E-state index in [0.717, 1.165) is 43.3 Å². The van der Waals surface area contributed by atoms with Crippen LogP contribution in [-0.4, -0.2) is 29.2 Å². The average molecular weight is 315 g/mol. The van der Waals surface area contributed by atoms with Crippen molar-refractivity contribution in [3.63, 3.8) is 0 Å². The molecule has 1 aliphatic carbocycles. The number of unbranched alkanes of at least 4 members (excludes halogenated alkanes) is 1. The number of nitrogens with zero attached hydrogens (tertiary/aromatic N) is 1. The van der Waals surface area contributed by atoms with Crippen molar-refractivity contribution >= 4 is 11.0 Å². The van der Waals surface area contributed by atoms with Crippen molar-refractivity contribution in [1.82, 2.24) is 4.90 Å². The Morgan fingerprint density at radius 1 is 1.26 bits per heavy atom. The number of fused-ring (bicyclic) bond motifs is 1. The maximum Gasteiger partial charge on any atom is 0.336 e. The molecule has 0 unspecified atom stereocenters. The van der Waals surface area contributed by atoms with Crippen molar-refractivity contribution in [3.05, 3.63) is 45.8 Å². The predicted octanol–water partition coefficient (Wildman–Crippen LogP) is 3.09. The molecule has 1 heterocycles. The van der Waals surface area contributed by atoms with Gasteiger partial charge in [-0.25, -0.2) is 4.79 Å². The van der Waals surface area contributed by atoms with Gasteiger partial charge in [-0.05, 0) is 55.8 Å². The van der Waals surface area contributed by atoms with Gasteiger partial charge >= 0.3 is 5.63 Å². The first-order valence-corrected chi connectivity index (χ1v) is 8.62. The average Bonchev–Trinajstić information content (AvgIpc) is 3.38. The van der Waals surface area contributed by atoms with Gasteiger partial charge in [-0.15, -0.1) is 0 Å². The number of aryl methyl sites for hydroxylation is 1. The Morgan fingerprint density at radius 3 is 2.78 bits per heavy atom. The third-order valence-corrected chi connectivity index (χ3v) is 4.59. The summed E-state index contributed by atoms with van der Waals surface area (Å²) in [7, 11) is 0. The molecule has 0 radical (unpaired) electrons. The van der Waals surface area contributed by atoms with Crippen molar-refractivity contribution < 1.29 is 9.52 Å². The van der Waals surface area contributed by atoms with Crippen LogP contribution < -0.4 is 5.63 Å². The van der Waals surface area contributed by atoms with E-state index in [-0.39, 0.29) is 12.2 Å². The molecule has 1 N–H and O–H groups in total. The van der Waals surface area contributed by atoms with Gasteiger partial charge < -0.3 is 9.52 Å². The lowest BCUT2D eigenvalue weighted by Crippen LogP contribution is -2.27. The minimum Gasteiger partial charge on any atom is -0.423 e. The Labute approximate surface area is 136 Å². The third kappa shape index (κ3) is 4.01. The minimum atomic E-state index is -0.271. The van der Waals surface area contributed by atoms with Gasteiger partial charge in [0.15, 0.2) is 0 Å². The van der Waals surface area contributed by atoms with Crippen molar-refractivity contribution in [2.45, 2.75) is 51.6 Å². The van der Waals surface area contributed by atoms with Gasteiger partial charge in [0.1, 0.15) is 5.58 Å². The monoisotopic (exact) mass is 315 g/mol. The highest BCUT2D eigenvalue weighted by atomic mass is 16.4. The summed E-state index contributed by atoms with van der Waals surface area (Å²) in [5.41, 5.74) is 2.65. The molecule has 4 nitrogen and oxygen atoms in total. The van der Waals surface area contributed by atoms with Crippen LogP contribution >= 0.6 is 0 Å². The van der Waals surface area contributed by atoms with Gasteiger partial charge in [0, 0.05) is 30.6 Å². The van der Waals surface area contributed by atoms with E-state index in [9.17, 15) is 4.79 Å². The van der Waals surface area contributed by atoms with Crippen LogP contribution in [0.4, 0.5) is 0 Å². The van der Waals surface area contributed by atoms with Crippen molar-refractivity contribution in [2.75, 3.05) is 13.2 Å². The molecular weight excluding hydrogens is 290 g/mol. The first kappa shape index (κ1) is 16.2. The highest BCUT2D eigenvalue weighted by Crippen LogP contribution is 2.30. The van der Waals surface area contributed by atoms with Crippen LogP contribution in [0, 0.1) is 0 Å². The van der Waals surface area contributed by atoms with Crippen LogP contribution in [0.1, 0.15) is 43.7 Å². The van der Waals surface area contributed by atoms with Crippen LogP contribution in [0.25, 0.3) is 11.0 Å². The van der Waals surface area contributed by atoms with Gasteiger partial charge in [0.25, 0.3) is 0 Å². The number of hydrogen-bond acceptors (Lipinski definition) is 4. The molecule has 0 spiro atoms. The number of benzene rings is 1. The molecule has 0 amide bonds. The Bertz CT molecular complexity index is 718. The van der Waals surface area contributed by atoms with E-state index in [0.29, 0.717) is 11.6 Å². The lowest BCUT2D eigenvalue weighted by Gasteiger charge is -2.22. The topological polar surface area (TPSA) is 53.7 Å². The minimum absolute atomic E-state index is 0.246. The summed E-state index contributed by atoms with van der Waals surface area (Å²) in [5, 5.41) is 10.0. The van der Waals surface area contributed by atoms with Gasteiger partial charge in [0.05, 0.1) is 0 Å². The Balaban J connectivity index is 1.87. The number of rotatable bonds is 8. The van der Waals surface area contributed by atoms with Gasteiger partial charge in [-0.2, -0.15) is 0 Å². The molecule has 1 aromatic carbocycles. The molecule has 1 saturated carbocycles. The number of aliphatic hydroxyl groups is 1. The Hall–Kier alpha value is -1.65. The van der Waals surface area contributed by atoms with Crippen LogP contribution in [0.2, 0.25) is 0 Å². The summed E-state index contributed by atoms with van der Waals surface area (Å²) in [6.07, 6.45) is 5.23. The summed E-state index contributed by atoms with van der Waals surface area (Å²) < 4.78 is 5.39. The summed E-state index contributed by atoms with van der Waals surface area (Å²) in [5.74, 6) is 0. The smallest absolute Gasteiger partial charge is 0.336 e. The molecule has 124 valence electrons. The van der Waals surface area contributed by atoms with Gasteiger partial charge in [0.2, 0.25) is 0 Å². The zero-order valence-electron chi connectivity index (χ0n) is 13.8. The molecule has 3 rings (SSSR count). The summed E-state index contributed by atoms with van der Waals surface area (Å²) in [4.78, 5) is 14.4. The predicted molar refractivity (Wildman–Crippen MR) is 91.6 cm³/mol. The van der Waals surface area contributed by atoms with Crippen LogP contribution in [-0.2, 0) is 13.0 Å². The fourth-order valence-electron chi connectivity index (χ4n) is 3.10. The fraction of sp³-hybridized carbons (Fsp3) is 0.526. The van der Waals surface area contributed by atoms with E-state index in [4.69, 9.17) is 9.52 Å². The number of aliphatic hydroxyl groups excluding tert-OH is 1. The van der Waals surface area contributed by atoms with E-state index in [1.54, 1.807) is 6.07 Å². The molecule has 0 bridgehead atoms. The van der Waals surface area contributed by atoms with E-state index >= 15 is 0 Å². The van der Waals surface area contributed by atoms with Crippen molar-refractivity contribution in [2.24, 2.45) is 0 Å². The molecule has 1 aliphatic rings. The van der Waals surface area contributed by atoms with Gasteiger partial charge in [-0.1, -0.05) is 19.1 Å². The van der Waals surface area contributed by atoms with E-state index in [1.807, 2.05) is 6.07 Å². The van der Waals surface area contributed by atoms with E-state index in [2.05, 4.69) is 24.0 Å². The van der Waals surface area contributed by atoms with Crippen molar-refractivity contribution in [3.8, 4) is 0 Å². The molecule has 0 saturated heterocycles. The molecule has 1 fully saturated rings. The second-order valence-electron chi connectivity index (χ2n) is 6.41. The highest BCUT2D eigenvalue weighted by molar-refractivity contribution is 5.80. The quantitative estimate of drug-likeness (QED) is 0.601. The Kier molecular flexibility index (Phi) is 5.13. The second-order valence-corrected chi connectivity index (χ2v) is 6.41. The highest BCUT2D eigenvalue weighted by Gasteiger charge is 2.29. The lowest BCUT2D eigenvalue weighted by molar-refractivity contribution is 0.229. The number of hydrogen-bond donors (Lipinski definition) is 1. The molecule has 1 aromatic heterocycles. The zero-order valence-corrected chi connectivity index (χ0v) is 13.8. The summed E-state index contributed by atoms with van der Waals surface area (Å²) in [6.45, 7) is 4.10. The molecule has 23 heavy (non-hydrogen) atoms. The largest absolute Gasteiger partial charge is 0.423 e. The van der Waals surface area contributed by atoms with E-state index < -0.39 is 0 Å². The molecule has 0 aliphatic heterocycles. The Morgan fingerprint density at radius 2 is 2.09 bits per heavy atom. The lowest BCUT2D eigenvalue weighted by atomic mass is 10.1. The first-order valence-electron chi connectivity index (χ1n) is 8.62. The maximum atomic E-state index is 11.9. The summed E-state index contributed by atoms with van der Waals surface area (Å²) in [6, 6.07) is 8.43. The fourth-order valence-corrected chi connectivity index (χ4v) is 3.10. The van der Waals surface area contributed by atoms with E-state index in [1.165, 1.54) is 18.4 Å². The van der Waals surface area contributed by atoms with Crippen molar-refractivity contribution in [1.29, 1.82) is 0 Å². The molecule has 0 atom stereocenters. The van der Waals surface area contributed by atoms with Crippen LogP contribution in [0.3, 0.4) is 0 Å². The van der Waals surface area contributed by atoms with Crippen LogP contribution in [0.5, 0.6) is 0 Å². The maximum absolute atomic E-state index is 11.9. The van der Waals surface area contributed by atoms with Gasteiger partial charge in [-0.3, -0.25) is 4.90 Å². The zero-order chi connectivity index (χ0) is 16.2.